The van der Waals surface area contributed by atoms with E-state index in [4.69, 9.17) is 14.3 Å². The second-order valence-electron chi connectivity index (χ2n) is 4.94. The number of hydrogen-bond acceptors (Lipinski definition) is 6. The average Bonchev–Trinajstić information content (AvgIpc) is 2.61. The zero-order valence-corrected chi connectivity index (χ0v) is 13.7. The van der Waals surface area contributed by atoms with Crippen LogP contribution in [-0.2, 0) is 11.4 Å². The fourth-order valence-electron chi connectivity index (χ4n) is 2.03. The first-order valence-corrected chi connectivity index (χ1v) is 7.17. The Labute approximate surface area is 139 Å². The minimum atomic E-state index is -0.440. The quantitative estimate of drug-likeness (QED) is 0.440. The number of benzene rings is 2. The molecule has 2 aromatic carbocycles. The molecule has 0 atom stereocenters. The number of nitro benzene ring substituents is 1. The SMILES string of the molecule is COc1ccc(/C(C)=N/OCc2ccc([N+](=O)[O-])cc2)cc1OC. The van der Waals surface area contributed by atoms with Gasteiger partial charge >= 0.3 is 0 Å². The zero-order chi connectivity index (χ0) is 17.5. The fourth-order valence-corrected chi connectivity index (χ4v) is 2.03. The summed E-state index contributed by atoms with van der Waals surface area (Å²) in [7, 11) is 3.14. The highest BCUT2D eigenvalue weighted by Crippen LogP contribution is 2.27. The smallest absolute Gasteiger partial charge is 0.269 e. The van der Waals surface area contributed by atoms with Crippen LogP contribution in [0.3, 0.4) is 0 Å². The zero-order valence-electron chi connectivity index (χ0n) is 13.7. The van der Waals surface area contributed by atoms with Gasteiger partial charge in [0.25, 0.3) is 5.69 Å². The average molecular weight is 330 g/mol. The highest BCUT2D eigenvalue weighted by Gasteiger charge is 2.07. The molecule has 0 aromatic heterocycles. The van der Waals surface area contributed by atoms with E-state index in [1.807, 2.05) is 19.1 Å². The molecule has 0 bridgehead atoms. The van der Waals surface area contributed by atoms with Crippen molar-refractivity contribution in [1.82, 2.24) is 0 Å². The Hall–Kier alpha value is -3.09. The van der Waals surface area contributed by atoms with Crippen molar-refractivity contribution < 1.29 is 19.2 Å². The van der Waals surface area contributed by atoms with Crippen LogP contribution in [0, 0.1) is 10.1 Å². The van der Waals surface area contributed by atoms with E-state index in [9.17, 15) is 10.1 Å². The van der Waals surface area contributed by atoms with Gasteiger partial charge in [-0.05, 0) is 42.8 Å². The highest BCUT2D eigenvalue weighted by atomic mass is 16.6. The van der Waals surface area contributed by atoms with Crippen LogP contribution in [0.25, 0.3) is 0 Å². The number of hydrogen-bond donors (Lipinski definition) is 0. The third kappa shape index (κ3) is 4.22. The number of oxime groups is 1. The first-order chi connectivity index (χ1) is 11.5. The Morgan fingerprint density at radius 1 is 1.08 bits per heavy atom. The van der Waals surface area contributed by atoms with Crippen LogP contribution in [-0.4, -0.2) is 24.9 Å². The largest absolute Gasteiger partial charge is 0.493 e. The van der Waals surface area contributed by atoms with Gasteiger partial charge in [0.15, 0.2) is 11.5 Å². The van der Waals surface area contributed by atoms with Crippen LogP contribution in [0.1, 0.15) is 18.1 Å². The normalized spacial score (nSPS) is 11.0. The lowest BCUT2D eigenvalue weighted by Gasteiger charge is -2.09. The Bertz CT molecular complexity index is 741. The molecule has 0 aliphatic rings. The molecule has 7 nitrogen and oxygen atoms in total. The van der Waals surface area contributed by atoms with Gasteiger partial charge in [-0.2, -0.15) is 0 Å². The molecule has 0 fully saturated rings. The summed E-state index contributed by atoms with van der Waals surface area (Å²) in [6.07, 6.45) is 0. The molecule has 0 radical (unpaired) electrons. The molecule has 126 valence electrons. The van der Waals surface area contributed by atoms with Crippen LogP contribution < -0.4 is 9.47 Å². The van der Waals surface area contributed by atoms with Crippen LogP contribution >= 0.6 is 0 Å². The summed E-state index contributed by atoms with van der Waals surface area (Å²) in [4.78, 5) is 15.5. The molecule has 2 aromatic rings. The van der Waals surface area contributed by atoms with Gasteiger partial charge in [0, 0.05) is 17.7 Å². The summed E-state index contributed by atoms with van der Waals surface area (Å²) in [5.41, 5.74) is 2.36. The van der Waals surface area contributed by atoms with Gasteiger partial charge in [-0.3, -0.25) is 10.1 Å². The molecule has 0 aliphatic carbocycles. The summed E-state index contributed by atoms with van der Waals surface area (Å²) in [5, 5.41) is 14.7. The molecule has 0 aliphatic heterocycles. The van der Waals surface area contributed by atoms with Crippen molar-refractivity contribution in [2.45, 2.75) is 13.5 Å². The number of methoxy groups -OCH3 is 2. The molecular formula is C17H18N2O5. The van der Waals surface area contributed by atoms with Gasteiger partial charge in [0.1, 0.15) is 6.61 Å². The van der Waals surface area contributed by atoms with Crippen molar-refractivity contribution >= 4 is 11.4 Å². The topological polar surface area (TPSA) is 83.2 Å². The fraction of sp³-hybridized carbons (Fsp3) is 0.235. The third-order valence-electron chi connectivity index (χ3n) is 3.38. The molecule has 7 heteroatoms. The Kier molecular flexibility index (Phi) is 5.73. The summed E-state index contributed by atoms with van der Waals surface area (Å²) in [6, 6.07) is 11.6. The number of nitrogens with zero attached hydrogens (tertiary/aromatic N) is 2. The van der Waals surface area contributed by atoms with Crippen LogP contribution in [0.2, 0.25) is 0 Å². The molecule has 0 saturated carbocycles. The van der Waals surface area contributed by atoms with E-state index in [2.05, 4.69) is 5.16 Å². The monoisotopic (exact) mass is 330 g/mol. The van der Waals surface area contributed by atoms with Crippen molar-refractivity contribution in [2.24, 2.45) is 5.16 Å². The molecule has 0 unspecified atom stereocenters. The Morgan fingerprint density at radius 2 is 1.75 bits per heavy atom. The number of ether oxygens (including phenoxy) is 2. The van der Waals surface area contributed by atoms with E-state index in [0.717, 1.165) is 11.1 Å². The van der Waals surface area contributed by atoms with Gasteiger partial charge < -0.3 is 14.3 Å². The summed E-state index contributed by atoms with van der Waals surface area (Å²) >= 11 is 0. The molecule has 0 amide bonds. The van der Waals surface area contributed by atoms with Crippen LogP contribution in [0.4, 0.5) is 5.69 Å². The first-order valence-electron chi connectivity index (χ1n) is 7.17. The minimum Gasteiger partial charge on any atom is -0.493 e. The Balaban J connectivity index is 2.02. The van der Waals surface area contributed by atoms with Crippen LogP contribution in [0.15, 0.2) is 47.6 Å². The molecule has 0 spiro atoms. The number of nitro groups is 1. The molecular weight excluding hydrogens is 312 g/mol. The molecule has 0 N–H and O–H groups in total. The lowest BCUT2D eigenvalue weighted by atomic mass is 10.1. The van der Waals surface area contributed by atoms with Crippen LogP contribution in [0.5, 0.6) is 11.5 Å². The lowest BCUT2D eigenvalue weighted by molar-refractivity contribution is -0.384. The summed E-state index contributed by atoms with van der Waals surface area (Å²) in [5.74, 6) is 1.25. The van der Waals surface area contributed by atoms with Gasteiger partial charge in [0.2, 0.25) is 0 Å². The maximum Gasteiger partial charge on any atom is 0.269 e. The predicted molar refractivity (Wildman–Crippen MR) is 89.6 cm³/mol. The maximum atomic E-state index is 10.6. The third-order valence-corrected chi connectivity index (χ3v) is 3.38. The molecule has 2 rings (SSSR count). The van der Waals surface area contributed by atoms with E-state index in [-0.39, 0.29) is 12.3 Å². The highest BCUT2D eigenvalue weighted by molar-refractivity contribution is 5.98. The maximum absolute atomic E-state index is 10.6. The second-order valence-corrected chi connectivity index (χ2v) is 4.94. The number of non-ortho nitro benzene ring substituents is 1. The Morgan fingerprint density at radius 3 is 2.33 bits per heavy atom. The van der Waals surface area contributed by atoms with Gasteiger partial charge in [-0.1, -0.05) is 5.16 Å². The summed E-state index contributed by atoms with van der Waals surface area (Å²) in [6.45, 7) is 2.04. The van der Waals surface area contributed by atoms with E-state index in [1.54, 1.807) is 32.4 Å². The van der Waals surface area contributed by atoms with E-state index in [0.29, 0.717) is 17.2 Å². The lowest BCUT2D eigenvalue weighted by Crippen LogP contribution is -1.99. The molecule has 24 heavy (non-hydrogen) atoms. The van der Waals surface area contributed by atoms with Gasteiger partial charge in [-0.15, -0.1) is 0 Å². The molecule has 0 heterocycles. The van der Waals surface area contributed by atoms with E-state index < -0.39 is 4.92 Å². The van der Waals surface area contributed by atoms with Gasteiger partial charge in [0.05, 0.1) is 24.9 Å². The van der Waals surface area contributed by atoms with Crippen molar-refractivity contribution in [2.75, 3.05) is 14.2 Å². The van der Waals surface area contributed by atoms with Crippen molar-refractivity contribution in [3.8, 4) is 11.5 Å². The number of rotatable bonds is 7. The second kappa shape index (κ2) is 7.96. The molecule has 0 saturated heterocycles. The van der Waals surface area contributed by atoms with Gasteiger partial charge in [-0.25, -0.2) is 0 Å². The minimum absolute atomic E-state index is 0.0451. The standard InChI is InChI=1S/C17H18N2O5/c1-12(14-6-9-16(22-2)17(10-14)23-3)18-24-11-13-4-7-15(8-5-13)19(20)21/h4-10H,11H2,1-3H3/b18-12+. The van der Waals surface area contributed by atoms with Crippen molar-refractivity contribution in [3.05, 3.63) is 63.7 Å². The van der Waals surface area contributed by atoms with E-state index in [1.165, 1.54) is 12.1 Å². The van der Waals surface area contributed by atoms with E-state index >= 15 is 0 Å². The first kappa shape index (κ1) is 17.3. The van der Waals surface area contributed by atoms with Crippen molar-refractivity contribution in [3.63, 3.8) is 0 Å². The summed E-state index contributed by atoms with van der Waals surface area (Å²) < 4.78 is 10.4. The predicted octanol–water partition coefficient (Wildman–Crippen LogP) is 3.55. The van der Waals surface area contributed by atoms with Crippen molar-refractivity contribution in [1.29, 1.82) is 0 Å².